The molecule has 0 amide bonds. The molecule has 1 aromatic rings. The third-order valence-electron chi connectivity index (χ3n) is 6.39. The van der Waals surface area contributed by atoms with Crippen LogP contribution in [0, 0.1) is 0 Å². The Morgan fingerprint density at radius 2 is 1.27 bits per heavy atom. The van der Waals surface area contributed by atoms with E-state index in [1.807, 2.05) is 0 Å². The fraction of sp³-hybridized carbons (Fsp3) is 0.696. The predicted molar refractivity (Wildman–Crippen MR) is 150 cm³/mol. The Balaban J connectivity index is 1.98. The average Bonchev–Trinajstić information content (AvgIpc) is 3.16. The molecule has 1 aromatic carbocycles. The summed E-state index contributed by atoms with van der Waals surface area (Å²) in [7, 11) is -2.13. The number of thiocarbonyl (C=S) groups is 1. The number of hydrazine groups is 1. The van der Waals surface area contributed by atoms with Gasteiger partial charge in [0.25, 0.3) is 0 Å². The van der Waals surface area contributed by atoms with Crippen molar-refractivity contribution in [3.8, 4) is 0 Å². The van der Waals surface area contributed by atoms with Gasteiger partial charge in [-0.05, 0) is 50.0 Å². The van der Waals surface area contributed by atoms with E-state index in [0.717, 1.165) is 26.2 Å². The zero-order valence-corrected chi connectivity index (χ0v) is 23.9. The molecule has 0 aromatic heterocycles. The minimum atomic E-state index is -2.13. The molecule has 2 N–H and O–H groups in total. The summed E-state index contributed by atoms with van der Waals surface area (Å²) in [6.07, 6.45) is 10.0. The van der Waals surface area contributed by atoms with E-state index in [-0.39, 0.29) is 5.16 Å². The maximum absolute atomic E-state index is 6.35. The first-order chi connectivity index (χ1) is 15.6. The molecule has 10 heteroatoms. The van der Waals surface area contributed by atoms with Crippen LogP contribution in [0.3, 0.4) is 0 Å². The van der Waals surface area contributed by atoms with E-state index in [1.165, 1.54) is 51.4 Å². The molecule has 0 bridgehead atoms. The molecule has 186 valence electrons. The van der Waals surface area contributed by atoms with Gasteiger partial charge < -0.3 is 0 Å². The first-order valence-electron chi connectivity index (χ1n) is 12.0. The first kappa shape index (κ1) is 27.5. The summed E-state index contributed by atoms with van der Waals surface area (Å²) in [5, 5.41) is 1.75. The van der Waals surface area contributed by atoms with Crippen LogP contribution in [0.1, 0.15) is 72.1 Å². The second-order valence-corrected chi connectivity index (χ2v) is 15.3. The second kappa shape index (κ2) is 12.3. The van der Waals surface area contributed by atoms with Crippen LogP contribution >= 0.6 is 54.4 Å². The smallest absolute Gasteiger partial charge is 0.212 e. The fourth-order valence-corrected chi connectivity index (χ4v) is 10.8. The van der Waals surface area contributed by atoms with Crippen molar-refractivity contribution in [1.82, 2.24) is 14.8 Å². The third-order valence-corrected chi connectivity index (χ3v) is 12.2. The van der Waals surface area contributed by atoms with Gasteiger partial charge in [-0.1, -0.05) is 81.3 Å². The van der Waals surface area contributed by atoms with Crippen LogP contribution < -0.4 is 10.9 Å². The van der Waals surface area contributed by atoms with Gasteiger partial charge >= 0.3 is 0 Å². The van der Waals surface area contributed by atoms with E-state index in [1.54, 1.807) is 12.1 Å². The molecule has 2 aliphatic heterocycles. The van der Waals surface area contributed by atoms with E-state index < -0.39 is 7.36 Å². The first-order valence-corrected chi connectivity index (χ1v) is 15.2. The van der Waals surface area contributed by atoms with Gasteiger partial charge in [-0.15, -0.1) is 0 Å². The van der Waals surface area contributed by atoms with Crippen molar-refractivity contribution in [1.29, 1.82) is 0 Å². The number of hydrogen-bond acceptors (Lipinski definition) is 2. The summed E-state index contributed by atoms with van der Waals surface area (Å²) < 4.78 is 10.8. The summed E-state index contributed by atoms with van der Waals surface area (Å²) in [6.45, 7) is 11.3. The Bertz CT molecular complexity index is 826. The van der Waals surface area contributed by atoms with Crippen molar-refractivity contribution < 1.29 is 0 Å². The largest absolute Gasteiger partial charge is 0.296 e. The number of anilines is 1. The van der Waals surface area contributed by atoms with Gasteiger partial charge in [-0.25, -0.2) is 4.74 Å². The lowest BCUT2D eigenvalue weighted by atomic mass is 10.2. The quantitative estimate of drug-likeness (QED) is 0.223. The van der Waals surface area contributed by atoms with Crippen LogP contribution in [0.15, 0.2) is 16.9 Å². The van der Waals surface area contributed by atoms with Crippen molar-refractivity contribution in [3.63, 3.8) is 0 Å². The zero-order chi connectivity index (χ0) is 24.1. The van der Waals surface area contributed by atoms with Crippen LogP contribution in [0.5, 0.6) is 0 Å². The molecule has 0 atom stereocenters. The molecule has 3 rings (SSSR count). The lowest BCUT2D eigenvalue weighted by molar-refractivity contribution is 0.368. The summed E-state index contributed by atoms with van der Waals surface area (Å²) >= 11 is 24.6. The van der Waals surface area contributed by atoms with Gasteiger partial charge in [0.05, 0.1) is 15.7 Å². The number of benzene rings is 1. The van der Waals surface area contributed by atoms with Gasteiger partial charge in [0.2, 0.25) is 5.11 Å². The lowest BCUT2D eigenvalue weighted by Crippen LogP contribution is -2.42. The summed E-state index contributed by atoms with van der Waals surface area (Å²) in [5.74, 6) is 0. The molecule has 33 heavy (non-hydrogen) atoms. The highest BCUT2D eigenvalue weighted by molar-refractivity contribution is 7.81. The molecule has 0 radical (unpaired) electrons. The molecule has 0 aliphatic carbocycles. The normalized spacial score (nSPS) is 19.5. The molecular formula is C23H37Cl3N5PS. The second-order valence-electron chi connectivity index (χ2n) is 9.87. The number of nitrogens with zero attached hydrogens (tertiary/aromatic N) is 3. The van der Waals surface area contributed by atoms with Crippen molar-refractivity contribution in [2.75, 3.05) is 31.6 Å². The lowest BCUT2D eigenvalue weighted by Gasteiger charge is -2.50. The van der Waals surface area contributed by atoms with Crippen LogP contribution in [0.4, 0.5) is 5.69 Å². The minimum absolute atomic E-state index is 0.0387. The van der Waals surface area contributed by atoms with Gasteiger partial charge in [-0.3, -0.25) is 20.2 Å². The third kappa shape index (κ3) is 6.78. The van der Waals surface area contributed by atoms with Crippen LogP contribution in [0.2, 0.25) is 15.1 Å². The van der Waals surface area contributed by atoms with Gasteiger partial charge in [0, 0.05) is 36.4 Å². The molecule has 0 saturated carbocycles. The minimum Gasteiger partial charge on any atom is -0.296 e. The van der Waals surface area contributed by atoms with Crippen LogP contribution in [0.25, 0.3) is 0 Å². The molecular weight excluding hydrogens is 516 g/mol. The average molecular weight is 553 g/mol. The van der Waals surface area contributed by atoms with Crippen LogP contribution in [-0.4, -0.2) is 45.8 Å². The number of hydrogen-bond donors (Lipinski definition) is 2. The highest BCUT2D eigenvalue weighted by atomic mass is 35.5. The Labute approximate surface area is 220 Å². The summed E-state index contributed by atoms with van der Waals surface area (Å²) in [6, 6.07) is 3.31. The number of halogens is 3. The van der Waals surface area contributed by atoms with Crippen molar-refractivity contribution in [3.05, 3.63) is 27.2 Å². The maximum Gasteiger partial charge on any atom is 0.212 e. The summed E-state index contributed by atoms with van der Waals surface area (Å²) in [5.41, 5.74) is 6.75. The topological polar surface area (TPSA) is 42.9 Å². The van der Waals surface area contributed by atoms with Crippen LogP contribution in [-0.2, 0) is 0 Å². The van der Waals surface area contributed by atoms with E-state index in [9.17, 15) is 0 Å². The van der Waals surface area contributed by atoms with E-state index in [4.69, 9.17) is 51.8 Å². The Hall–Kier alpha value is -0.0700. The molecule has 2 fully saturated rings. The molecule has 2 heterocycles. The molecule has 5 nitrogen and oxygen atoms in total. The van der Waals surface area contributed by atoms with Crippen molar-refractivity contribution in [2.24, 2.45) is 4.74 Å². The number of rotatable bonds is 4. The highest BCUT2D eigenvalue weighted by Crippen LogP contribution is 2.66. The number of nitrogens with one attached hydrogen (secondary N) is 2. The van der Waals surface area contributed by atoms with Gasteiger partial charge in [0.1, 0.15) is 7.36 Å². The van der Waals surface area contributed by atoms with E-state index in [2.05, 4.69) is 41.0 Å². The molecule has 0 unspecified atom stereocenters. The molecule has 0 spiro atoms. The highest BCUT2D eigenvalue weighted by Gasteiger charge is 2.44. The molecule has 2 saturated heterocycles. The van der Waals surface area contributed by atoms with Gasteiger partial charge in [-0.2, -0.15) is 0 Å². The van der Waals surface area contributed by atoms with E-state index in [0.29, 0.717) is 25.9 Å². The van der Waals surface area contributed by atoms with Gasteiger partial charge in [0.15, 0.2) is 0 Å². The fourth-order valence-electron chi connectivity index (χ4n) is 4.90. The summed E-state index contributed by atoms with van der Waals surface area (Å²) in [4.78, 5) is 0. The predicted octanol–water partition coefficient (Wildman–Crippen LogP) is 8.43. The monoisotopic (exact) mass is 551 g/mol. The Morgan fingerprint density at radius 3 is 1.67 bits per heavy atom. The molecule has 2 aliphatic rings. The zero-order valence-electron chi connectivity index (χ0n) is 20.0. The standard InChI is InChI=1S/C23H37Cl3N5PS/c1-23(2,3)32(30-12-8-4-5-9-13-30,31-14-10-6-7-11-15-31)29-22(33)28-27-21-19(25)16-18(24)17-20(21)26/h16-17,27H,4-15H2,1-3H3,(H,28,33). The Kier molecular flexibility index (Phi) is 10.2. The SMILES string of the molecule is CC(C)(C)P(=NC(=S)NNc1c(Cl)cc(Cl)cc1Cl)(N1CCCCCC1)N1CCCCCC1. The Morgan fingerprint density at radius 1 is 0.848 bits per heavy atom. The van der Waals surface area contributed by atoms with Crippen molar-refractivity contribution in [2.45, 2.75) is 77.3 Å². The maximum atomic E-state index is 6.35. The van der Waals surface area contributed by atoms with Crippen molar-refractivity contribution >= 4 is 65.2 Å². The van der Waals surface area contributed by atoms with E-state index >= 15 is 0 Å².